The molecule has 0 aliphatic carbocycles. The van der Waals surface area contributed by atoms with Crippen LogP contribution in [0.3, 0.4) is 0 Å². The molecular formula is C28H26FN3O2. The molecule has 2 fully saturated rings. The fourth-order valence-corrected chi connectivity index (χ4v) is 6.63. The van der Waals surface area contributed by atoms with Crippen molar-refractivity contribution in [2.45, 2.75) is 23.9 Å². The Balaban J connectivity index is 1.69. The number of nitrogens with zero attached hydrogens (tertiary/aromatic N) is 1. The summed E-state index contributed by atoms with van der Waals surface area (Å²) < 4.78 is 14.6. The highest BCUT2D eigenvalue weighted by molar-refractivity contribution is 6.11. The second-order valence-corrected chi connectivity index (χ2v) is 9.70. The van der Waals surface area contributed by atoms with Gasteiger partial charge in [-0.3, -0.25) is 14.9 Å². The van der Waals surface area contributed by atoms with Gasteiger partial charge in [-0.15, -0.1) is 0 Å². The van der Waals surface area contributed by atoms with Crippen LogP contribution >= 0.6 is 0 Å². The molecule has 3 heterocycles. The first-order chi connectivity index (χ1) is 16.5. The van der Waals surface area contributed by atoms with E-state index in [2.05, 4.69) is 15.5 Å². The zero-order chi connectivity index (χ0) is 23.5. The van der Waals surface area contributed by atoms with Gasteiger partial charge in [0, 0.05) is 42.7 Å². The van der Waals surface area contributed by atoms with Crippen molar-refractivity contribution >= 4 is 17.4 Å². The molecular weight excluding hydrogens is 429 g/mol. The zero-order valence-electron chi connectivity index (χ0n) is 18.9. The average Bonchev–Trinajstić information content (AvgIpc) is 3.30. The Morgan fingerprint density at radius 1 is 0.941 bits per heavy atom. The number of halogens is 1. The summed E-state index contributed by atoms with van der Waals surface area (Å²) in [6, 6.07) is 23.6. The molecule has 2 spiro atoms. The Morgan fingerprint density at radius 2 is 1.68 bits per heavy atom. The highest BCUT2D eigenvalue weighted by Gasteiger charge is 2.74. The molecule has 3 aromatic rings. The maximum atomic E-state index is 14.6. The molecule has 0 saturated carbocycles. The van der Waals surface area contributed by atoms with E-state index in [1.54, 1.807) is 6.07 Å². The monoisotopic (exact) mass is 455 g/mol. The van der Waals surface area contributed by atoms with Crippen LogP contribution < -0.4 is 10.6 Å². The Labute approximate surface area is 198 Å². The van der Waals surface area contributed by atoms with Crippen LogP contribution in [-0.2, 0) is 15.1 Å². The van der Waals surface area contributed by atoms with Crippen LogP contribution in [0.25, 0.3) is 0 Å². The minimum absolute atomic E-state index is 0.0395. The first kappa shape index (κ1) is 21.2. The van der Waals surface area contributed by atoms with Crippen molar-refractivity contribution in [3.05, 3.63) is 101 Å². The molecule has 6 heteroatoms. The van der Waals surface area contributed by atoms with Crippen molar-refractivity contribution < 1.29 is 14.0 Å². The van der Waals surface area contributed by atoms with E-state index in [0.29, 0.717) is 25.2 Å². The molecule has 3 aliphatic heterocycles. The van der Waals surface area contributed by atoms with Gasteiger partial charge < -0.3 is 10.2 Å². The van der Waals surface area contributed by atoms with Crippen LogP contribution in [0.5, 0.6) is 0 Å². The fourth-order valence-electron chi connectivity index (χ4n) is 6.63. The predicted octanol–water partition coefficient (Wildman–Crippen LogP) is 3.99. The Hall–Kier alpha value is -3.35. The van der Waals surface area contributed by atoms with Gasteiger partial charge in [-0.2, -0.15) is 0 Å². The standard InChI is InChI=1S/C28H26FN3O2/c1-32-15-14-23(33)27(17-32)24(19-10-7-11-20(29)16-19)25(18-8-3-2-4-9-18)31-28(27)21-12-5-6-13-22(21)30-26(28)34/h2-13,16,24-25,31H,14-15,17H2,1H3,(H,30,34)/t24-,25-,27+,28-/m0/s1. The quantitative estimate of drug-likeness (QED) is 0.614. The number of carbonyl (C=O) groups is 2. The van der Waals surface area contributed by atoms with Crippen molar-refractivity contribution in [2.24, 2.45) is 5.41 Å². The molecule has 2 N–H and O–H groups in total. The lowest BCUT2D eigenvalue weighted by Gasteiger charge is -2.48. The van der Waals surface area contributed by atoms with Gasteiger partial charge in [-0.05, 0) is 36.4 Å². The van der Waals surface area contributed by atoms with Crippen molar-refractivity contribution in [3.63, 3.8) is 0 Å². The second-order valence-electron chi connectivity index (χ2n) is 9.70. The van der Waals surface area contributed by atoms with Crippen molar-refractivity contribution in [2.75, 3.05) is 25.5 Å². The van der Waals surface area contributed by atoms with Gasteiger partial charge in [-0.1, -0.05) is 60.7 Å². The SMILES string of the molecule is CN1CCC(=O)[C@]2(C1)[C@@H](c1cccc(F)c1)[C@H](c1ccccc1)N[C@@]21C(=O)Nc2ccccc21. The molecule has 172 valence electrons. The fraction of sp³-hybridized carbons (Fsp3) is 0.286. The summed E-state index contributed by atoms with van der Waals surface area (Å²) >= 11 is 0. The number of nitrogens with one attached hydrogen (secondary N) is 2. The van der Waals surface area contributed by atoms with Gasteiger partial charge in [0.2, 0.25) is 0 Å². The molecule has 0 aromatic heterocycles. The third-order valence-electron chi connectivity index (χ3n) is 7.93. The molecule has 5 nitrogen and oxygen atoms in total. The summed E-state index contributed by atoms with van der Waals surface area (Å²) in [5.74, 6) is -0.985. The molecule has 2 saturated heterocycles. The first-order valence-electron chi connectivity index (χ1n) is 11.7. The third-order valence-corrected chi connectivity index (χ3v) is 7.93. The number of amides is 1. The number of para-hydroxylation sites is 1. The summed E-state index contributed by atoms with van der Waals surface area (Å²) in [6.45, 7) is 1.02. The zero-order valence-corrected chi connectivity index (χ0v) is 18.9. The van der Waals surface area contributed by atoms with E-state index in [4.69, 9.17) is 0 Å². The van der Waals surface area contributed by atoms with Crippen LogP contribution in [0.1, 0.15) is 35.1 Å². The van der Waals surface area contributed by atoms with Crippen molar-refractivity contribution in [3.8, 4) is 0 Å². The number of carbonyl (C=O) groups excluding carboxylic acids is 2. The lowest BCUT2D eigenvalue weighted by molar-refractivity contribution is -0.145. The van der Waals surface area contributed by atoms with E-state index in [-0.39, 0.29) is 23.5 Å². The highest BCUT2D eigenvalue weighted by Crippen LogP contribution is 2.65. The number of hydrogen-bond donors (Lipinski definition) is 2. The van der Waals surface area contributed by atoms with Crippen LogP contribution in [0.15, 0.2) is 78.9 Å². The van der Waals surface area contributed by atoms with E-state index in [9.17, 15) is 14.0 Å². The summed E-state index contributed by atoms with van der Waals surface area (Å²) in [6.07, 6.45) is 0.336. The molecule has 34 heavy (non-hydrogen) atoms. The predicted molar refractivity (Wildman–Crippen MR) is 128 cm³/mol. The van der Waals surface area contributed by atoms with Gasteiger partial charge in [0.05, 0.1) is 5.41 Å². The van der Waals surface area contributed by atoms with E-state index >= 15 is 0 Å². The Morgan fingerprint density at radius 3 is 2.47 bits per heavy atom. The second kappa shape index (κ2) is 7.58. The first-order valence-corrected chi connectivity index (χ1v) is 11.7. The topological polar surface area (TPSA) is 61.4 Å². The summed E-state index contributed by atoms with van der Waals surface area (Å²) in [7, 11) is 1.99. The van der Waals surface area contributed by atoms with Gasteiger partial charge in [-0.25, -0.2) is 4.39 Å². The van der Waals surface area contributed by atoms with Gasteiger partial charge in [0.1, 0.15) is 17.1 Å². The van der Waals surface area contributed by atoms with Gasteiger partial charge >= 0.3 is 0 Å². The summed E-state index contributed by atoms with van der Waals surface area (Å²) in [5, 5.41) is 6.73. The smallest absolute Gasteiger partial charge is 0.250 e. The van der Waals surface area contributed by atoms with E-state index < -0.39 is 16.9 Å². The highest BCUT2D eigenvalue weighted by atomic mass is 19.1. The molecule has 0 bridgehead atoms. The molecule has 0 unspecified atom stereocenters. The minimum atomic E-state index is -1.27. The van der Waals surface area contributed by atoms with Crippen LogP contribution in [0, 0.1) is 11.2 Å². The van der Waals surface area contributed by atoms with E-state index in [0.717, 1.165) is 16.7 Å². The van der Waals surface area contributed by atoms with Crippen LogP contribution in [0.4, 0.5) is 10.1 Å². The number of hydrogen-bond acceptors (Lipinski definition) is 4. The number of rotatable bonds is 2. The van der Waals surface area contributed by atoms with E-state index in [1.165, 1.54) is 12.1 Å². The number of likely N-dealkylation sites (tertiary alicyclic amines) is 1. The largest absolute Gasteiger partial charge is 0.324 e. The van der Waals surface area contributed by atoms with Gasteiger partial charge in [0.25, 0.3) is 5.91 Å². The van der Waals surface area contributed by atoms with Gasteiger partial charge in [0.15, 0.2) is 0 Å². The van der Waals surface area contributed by atoms with Crippen LogP contribution in [0.2, 0.25) is 0 Å². The van der Waals surface area contributed by atoms with Crippen molar-refractivity contribution in [1.29, 1.82) is 0 Å². The lowest BCUT2D eigenvalue weighted by atomic mass is 9.56. The number of fused-ring (bicyclic) bond motifs is 3. The number of anilines is 1. The number of Topliss-reactive ketones (excluding diaryl/α,β-unsaturated/α-hetero) is 1. The molecule has 4 atom stereocenters. The normalized spacial score (nSPS) is 30.6. The number of benzene rings is 3. The summed E-state index contributed by atoms with van der Waals surface area (Å²) in [5.41, 5.74) is 0.790. The molecule has 0 radical (unpaired) electrons. The summed E-state index contributed by atoms with van der Waals surface area (Å²) in [4.78, 5) is 30.3. The van der Waals surface area contributed by atoms with Crippen LogP contribution in [-0.4, -0.2) is 36.7 Å². The lowest BCUT2D eigenvalue weighted by Crippen LogP contribution is -2.64. The maximum Gasteiger partial charge on any atom is 0.250 e. The average molecular weight is 456 g/mol. The Bertz CT molecular complexity index is 1300. The van der Waals surface area contributed by atoms with E-state index in [1.807, 2.05) is 67.7 Å². The molecule has 6 rings (SSSR count). The number of piperidine rings is 1. The minimum Gasteiger partial charge on any atom is -0.324 e. The maximum absolute atomic E-state index is 14.6. The van der Waals surface area contributed by atoms with Crippen molar-refractivity contribution in [1.82, 2.24) is 10.2 Å². The Kier molecular flexibility index (Phi) is 4.73. The molecule has 3 aliphatic rings. The molecule has 1 amide bonds. The number of ketones is 1. The third kappa shape index (κ3) is 2.73. The molecule has 3 aromatic carbocycles.